The SMILES string of the molecule is CCN1CCCC1CN(C)C(=NC)NCCC1=CCOCC1.I. The molecule has 0 spiro atoms. The van der Waals surface area contributed by atoms with Gasteiger partial charge in [0, 0.05) is 33.2 Å². The van der Waals surface area contributed by atoms with Crippen LogP contribution in [0.4, 0.5) is 0 Å². The van der Waals surface area contributed by atoms with Crippen molar-refractivity contribution in [3.8, 4) is 0 Å². The van der Waals surface area contributed by atoms with Crippen LogP contribution < -0.4 is 5.32 Å². The van der Waals surface area contributed by atoms with Crippen molar-refractivity contribution >= 4 is 29.9 Å². The number of ether oxygens (including phenoxy) is 1. The van der Waals surface area contributed by atoms with Crippen molar-refractivity contribution in [3.05, 3.63) is 11.6 Å². The Bertz CT molecular complexity index is 400. The fraction of sp³-hybridized carbons (Fsp3) is 0.824. The van der Waals surface area contributed by atoms with Gasteiger partial charge in [0.1, 0.15) is 0 Å². The Morgan fingerprint density at radius 1 is 1.52 bits per heavy atom. The predicted octanol–water partition coefficient (Wildman–Crippen LogP) is 2.33. The molecule has 6 heteroatoms. The van der Waals surface area contributed by atoms with Crippen LogP contribution in [-0.2, 0) is 4.74 Å². The largest absolute Gasteiger partial charge is 0.377 e. The van der Waals surface area contributed by atoms with Crippen LogP contribution in [0.5, 0.6) is 0 Å². The molecule has 0 aliphatic carbocycles. The van der Waals surface area contributed by atoms with E-state index in [9.17, 15) is 0 Å². The third-order valence-corrected chi connectivity index (χ3v) is 4.75. The van der Waals surface area contributed by atoms with E-state index in [2.05, 4.69) is 40.2 Å². The quantitative estimate of drug-likeness (QED) is 0.300. The van der Waals surface area contributed by atoms with Crippen molar-refractivity contribution in [1.29, 1.82) is 0 Å². The molecule has 2 aliphatic rings. The Hall–Kier alpha value is -0.340. The molecule has 1 N–H and O–H groups in total. The zero-order valence-corrected chi connectivity index (χ0v) is 17.2. The molecule has 0 aromatic rings. The molecule has 0 aromatic heterocycles. The van der Waals surface area contributed by atoms with E-state index in [-0.39, 0.29) is 24.0 Å². The highest BCUT2D eigenvalue weighted by Crippen LogP contribution is 2.17. The van der Waals surface area contributed by atoms with Crippen molar-refractivity contribution in [2.45, 2.75) is 38.6 Å². The van der Waals surface area contributed by atoms with Crippen LogP contribution in [0.2, 0.25) is 0 Å². The maximum absolute atomic E-state index is 5.35. The van der Waals surface area contributed by atoms with Crippen molar-refractivity contribution in [1.82, 2.24) is 15.1 Å². The highest BCUT2D eigenvalue weighted by Gasteiger charge is 2.24. The lowest BCUT2D eigenvalue weighted by atomic mass is 10.1. The maximum atomic E-state index is 5.35. The minimum atomic E-state index is 0. The van der Waals surface area contributed by atoms with Crippen LogP contribution in [0.25, 0.3) is 0 Å². The first kappa shape index (κ1) is 20.7. The number of hydrogen-bond donors (Lipinski definition) is 1. The van der Waals surface area contributed by atoms with Gasteiger partial charge in [-0.25, -0.2) is 0 Å². The van der Waals surface area contributed by atoms with Gasteiger partial charge in [0.2, 0.25) is 0 Å². The summed E-state index contributed by atoms with van der Waals surface area (Å²) < 4.78 is 5.35. The van der Waals surface area contributed by atoms with E-state index in [1.54, 1.807) is 0 Å². The van der Waals surface area contributed by atoms with Crippen LogP contribution in [0.1, 0.15) is 32.6 Å². The topological polar surface area (TPSA) is 40.1 Å². The molecule has 134 valence electrons. The van der Waals surface area contributed by atoms with E-state index in [4.69, 9.17) is 4.74 Å². The van der Waals surface area contributed by atoms with Gasteiger partial charge in [0.15, 0.2) is 5.96 Å². The zero-order valence-electron chi connectivity index (χ0n) is 14.9. The second-order valence-electron chi connectivity index (χ2n) is 6.22. The number of guanidine groups is 1. The second kappa shape index (κ2) is 11.3. The van der Waals surface area contributed by atoms with Gasteiger partial charge in [-0.05, 0) is 38.8 Å². The van der Waals surface area contributed by atoms with Crippen molar-refractivity contribution in [3.63, 3.8) is 0 Å². The van der Waals surface area contributed by atoms with E-state index in [1.807, 2.05) is 7.05 Å². The first-order valence-corrected chi connectivity index (χ1v) is 8.66. The average molecular weight is 436 g/mol. The van der Waals surface area contributed by atoms with Gasteiger partial charge in [-0.1, -0.05) is 18.6 Å². The standard InChI is InChI=1S/C17H32N4O.HI/c1-4-21-11-5-6-16(21)14-20(3)17(18-2)19-10-7-15-8-12-22-13-9-15;/h8,16H,4-7,9-14H2,1-3H3,(H,18,19);1H. The Morgan fingerprint density at radius 3 is 3.00 bits per heavy atom. The first-order valence-electron chi connectivity index (χ1n) is 8.66. The molecule has 0 saturated carbocycles. The summed E-state index contributed by atoms with van der Waals surface area (Å²) >= 11 is 0. The predicted molar refractivity (Wildman–Crippen MR) is 108 cm³/mol. The lowest BCUT2D eigenvalue weighted by Gasteiger charge is -2.30. The summed E-state index contributed by atoms with van der Waals surface area (Å²) in [6.07, 6.45) is 7.01. The number of likely N-dealkylation sites (tertiary alicyclic amines) is 1. The van der Waals surface area contributed by atoms with Crippen LogP contribution in [-0.4, -0.2) is 75.3 Å². The van der Waals surface area contributed by atoms with Crippen LogP contribution >= 0.6 is 24.0 Å². The summed E-state index contributed by atoms with van der Waals surface area (Å²) in [5.74, 6) is 1.01. The lowest BCUT2D eigenvalue weighted by Crippen LogP contribution is -2.46. The number of likely N-dealkylation sites (N-methyl/N-ethyl adjacent to an activating group) is 2. The summed E-state index contributed by atoms with van der Waals surface area (Å²) in [7, 11) is 4.02. The van der Waals surface area contributed by atoms with E-state index >= 15 is 0 Å². The van der Waals surface area contributed by atoms with Crippen molar-refractivity contribution < 1.29 is 4.74 Å². The van der Waals surface area contributed by atoms with E-state index in [0.29, 0.717) is 6.04 Å². The number of nitrogens with one attached hydrogen (secondary N) is 1. The summed E-state index contributed by atoms with van der Waals surface area (Å²) in [5.41, 5.74) is 1.50. The minimum absolute atomic E-state index is 0. The Labute approximate surface area is 158 Å². The Morgan fingerprint density at radius 2 is 2.35 bits per heavy atom. The molecule has 2 heterocycles. The van der Waals surface area contributed by atoms with Gasteiger partial charge >= 0.3 is 0 Å². The summed E-state index contributed by atoms with van der Waals surface area (Å²) in [5, 5.41) is 3.50. The van der Waals surface area contributed by atoms with Crippen LogP contribution in [0.3, 0.4) is 0 Å². The highest BCUT2D eigenvalue weighted by atomic mass is 127. The zero-order chi connectivity index (χ0) is 15.8. The van der Waals surface area contributed by atoms with Gasteiger partial charge in [-0.2, -0.15) is 0 Å². The van der Waals surface area contributed by atoms with E-state index in [0.717, 1.165) is 51.6 Å². The smallest absolute Gasteiger partial charge is 0.193 e. The monoisotopic (exact) mass is 436 g/mol. The Kier molecular flexibility index (Phi) is 10.1. The molecule has 0 aromatic carbocycles. The molecule has 23 heavy (non-hydrogen) atoms. The van der Waals surface area contributed by atoms with E-state index < -0.39 is 0 Å². The molecule has 5 nitrogen and oxygen atoms in total. The van der Waals surface area contributed by atoms with Crippen LogP contribution in [0.15, 0.2) is 16.6 Å². The molecule has 1 atom stereocenters. The molecule has 0 radical (unpaired) electrons. The Balaban J connectivity index is 0.00000264. The summed E-state index contributed by atoms with van der Waals surface area (Å²) in [4.78, 5) is 9.29. The summed E-state index contributed by atoms with van der Waals surface area (Å²) in [6.45, 7) is 8.31. The fourth-order valence-electron chi connectivity index (χ4n) is 3.43. The van der Waals surface area contributed by atoms with Gasteiger partial charge in [-0.3, -0.25) is 9.89 Å². The minimum Gasteiger partial charge on any atom is -0.377 e. The molecule has 1 saturated heterocycles. The molecule has 0 amide bonds. The number of aliphatic imine (C=N–C) groups is 1. The van der Waals surface area contributed by atoms with Crippen molar-refractivity contribution in [2.24, 2.45) is 4.99 Å². The molecule has 2 aliphatic heterocycles. The van der Waals surface area contributed by atoms with Gasteiger partial charge in [0.05, 0.1) is 13.2 Å². The number of nitrogens with zero attached hydrogens (tertiary/aromatic N) is 3. The fourth-order valence-corrected chi connectivity index (χ4v) is 3.43. The normalized spacial score (nSPS) is 22.5. The lowest BCUT2D eigenvalue weighted by molar-refractivity contribution is 0.153. The molecule has 2 rings (SSSR count). The van der Waals surface area contributed by atoms with Crippen molar-refractivity contribution in [2.75, 3.05) is 53.5 Å². The number of rotatable bonds is 6. The maximum Gasteiger partial charge on any atom is 0.193 e. The van der Waals surface area contributed by atoms with Gasteiger partial charge < -0.3 is 15.0 Å². The van der Waals surface area contributed by atoms with Gasteiger partial charge in [0.25, 0.3) is 0 Å². The molecular weight excluding hydrogens is 403 g/mol. The number of halogens is 1. The van der Waals surface area contributed by atoms with E-state index in [1.165, 1.54) is 25.0 Å². The van der Waals surface area contributed by atoms with Gasteiger partial charge in [-0.15, -0.1) is 24.0 Å². The first-order chi connectivity index (χ1) is 10.7. The molecule has 0 bridgehead atoms. The second-order valence-corrected chi connectivity index (χ2v) is 6.22. The third-order valence-electron chi connectivity index (χ3n) is 4.75. The molecule has 1 fully saturated rings. The molecular formula is C17H33IN4O. The number of hydrogen-bond acceptors (Lipinski definition) is 3. The third kappa shape index (κ3) is 6.58. The summed E-state index contributed by atoms with van der Waals surface area (Å²) in [6, 6.07) is 0.673. The average Bonchev–Trinajstić information content (AvgIpc) is 2.99. The highest BCUT2D eigenvalue weighted by molar-refractivity contribution is 14.0. The van der Waals surface area contributed by atoms with Crippen LogP contribution in [0, 0.1) is 0 Å². The molecule has 1 unspecified atom stereocenters.